The summed E-state index contributed by atoms with van der Waals surface area (Å²) in [7, 11) is 0. The van der Waals surface area contributed by atoms with Gasteiger partial charge in [0.2, 0.25) is 0 Å². The minimum absolute atomic E-state index is 0.0355. The van der Waals surface area contributed by atoms with Gasteiger partial charge in [-0.1, -0.05) is 34.8 Å². The van der Waals surface area contributed by atoms with Crippen LogP contribution in [0.15, 0.2) is 12.1 Å². The van der Waals surface area contributed by atoms with E-state index < -0.39 is 12.7 Å². The van der Waals surface area contributed by atoms with Crippen molar-refractivity contribution in [1.29, 1.82) is 0 Å². The summed E-state index contributed by atoms with van der Waals surface area (Å²) in [6, 6.07) is 2.82. The number of alkyl halides is 3. The Morgan fingerprint density at radius 2 is 1.67 bits per heavy atom. The van der Waals surface area contributed by atoms with Gasteiger partial charge in [0, 0.05) is 12.6 Å². The molecule has 0 aliphatic heterocycles. The first-order chi connectivity index (χ1) is 8.29. The van der Waals surface area contributed by atoms with Gasteiger partial charge >= 0.3 is 6.18 Å². The van der Waals surface area contributed by atoms with Crippen LogP contribution in [0, 0.1) is 0 Å². The minimum atomic E-state index is -4.23. The molecule has 0 bridgehead atoms. The molecule has 0 radical (unpaired) electrons. The number of hydrogen-bond acceptors (Lipinski definition) is 2. The van der Waals surface area contributed by atoms with E-state index in [1.54, 1.807) is 0 Å². The Labute approximate surface area is 117 Å². The highest BCUT2D eigenvalue weighted by atomic mass is 35.5. The zero-order valence-corrected chi connectivity index (χ0v) is 11.2. The molecule has 1 rings (SSSR count). The summed E-state index contributed by atoms with van der Waals surface area (Å²) in [6.45, 7) is -0.991. The Morgan fingerprint density at radius 1 is 1.06 bits per heavy atom. The van der Waals surface area contributed by atoms with Gasteiger partial charge < -0.3 is 10.1 Å². The van der Waals surface area contributed by atoms with Crippen molar-refractivity contribution < 1.29 is 17.9 Å². The number of hydrogen-bond donors (Lipinski definition) is 1. The summed E-state index contributed by atoms with van der Waals surface area (Å²) >= 11 is 17.3. The quantitative estimate of drug-likeness (QED) is 0.649. The number of ether oxygens (including phenoxy) is 1. The van der Waals surface area contributed by atoms with E-state index in [-0.39, 0.29) is 34.0 Å². The molecule has 0 atom stereocenters. The van der Waals surface area contributed by atoms with E-state index in [4.69, 9.17) is 39.5 Å². The molecule has 102 valence electrons. The van der Waals surface area contributed by atoms with Crippen LogP contribution in [0.5, 0.6) is 5.75 Å². The van der Waals surface area contributed by atoms with Gasteiger partial charge in [0.05, 0.1) is 21.6 Å². The molecule has 8 heteroatoms. The highest BCUT2D eigenvalue weighted by Gasteiger charge is 2.25. The monoisotopic (exact) mass is 321 g/mol. The first kappa shape index (κ1) is 15.7. The SMILES string of the molecule is FC(F)(F)CNCCOc1cc(Cl)c(Cl)cc1Cl. The molecule has 0 amide bonds. The van der Waals surface area contributed by atoms with Gasteiger partial charge in [0.1, 0.15) is 12.4 Å². The normalized spacial score (nSPS) is 11.7. The molecule has 0 aliphatic rings. The lowest BCUT2D eigenvalue weighted by molar-refractivity contribution is -0.124. The molecule has 0 aliphatic carbocycles. The maximum absolute atomic E-state index is 11.8. The average Bonchev–Trinajstić information content (AvgIpc) is 2.23. The summed E-state index contributed by atoms with van der Waals surface area (Å²) in [5.41, 5.74) is 0. The summed E-state index contributed by atoms with van der Waals surface area (Å²) < 4.78 is 40.6. The van der Waals surface area contributed by atoms with Crippen LogP contribution in [0.25, 0.3) is 0 Å². The fraction of sp³-hybridized carbons (Fsp3) is 0.400. The van der Waals surface area contributed by atoms with E-state index in [1.807, 2.05) is 0 Å². The van der Waals surface area contributed by atoms with Gasteiger partial charge in [0.25, 0.3) is 0 Å². The zero-order valence-electron chi connectivity index (χ0n) is 8.95. The second-order valence-corrected chi connectivity index (χ2v) is 4.56. The van der Waals surface area contributed by atoms with E-state index >= 15 is 0 Å². The zero-order chi connectivity index (χ0) is 13.8. The minimum Gasteiger partial charge on any atom is -0.491 e. The fourth-order valence-electron chi connectivity index (χ4n) is 1.08. The van der Waals surface area contributed by atoms with Crippen LogP contribution in [0.1, 0.15) is 0 Å². The molecule has 1 N–H and O–H groups in total. The Kier molecular flexibility index (Phi) is 5.85. The van der Waals surface area contributed by atoms with Crippen LogP contribution >= 0.6 is 34.8 Å². The van der Waals surface area contributed by atoms with E-state index in [0.29, 0.717) is 0 Å². The van der Waals surface area contributed by atoms with Gasteiger partial charge in [-0.2, -0.15) is 13.2 Å². The fourth-order valence-corrected chi connectivity index (χ4v) is 1.67. The third-order valence-electron chi connectivity index (χ3n) is 1.84. The van der Waals surface area contributed by atoms with Crippen LogP contribution in [0.2, 0.25) is 15.1 Å². The van der Waals surface area contributed by atoms with Crippen molar-refractivity contribution >= 4 is 34.8 Å². The van der Waals surface area contributed by atoms with Crippen LogP contribution in [-0.2, 0) is 0 Å². The van der Waals surface area contributed by atoms with E-state index in [9.17, 15) is 13.2 Å². The van der Waals surface area contributed by atoms with Crippen LogP contribution in [0.4, 0.5) is 13.2 Å². The number of halogens is 6. The highest BCUT2D eigenvalue weighted by molar-refractivity contribution is 6.43. The predicted octanol–water partition coefficient (Wildman–Crippen LogP) is 4.18. The molecule has 18 heavy (non-hydrogen) atoms. The smallest absolute Gasteiger partial charge is 0.401 e. The van der Waals surface area contributed by atoms with Crippen LogP contribution in [-0.4, -0.2) is 25.9 Å². The van der Waals surface area contributed by atoms with Crippen molar-refractivity contribution in [2.24, 2.45) is 0 Å². The molecular weight excluding hydrogens is 313 g/mol. The maximum Gasteiger partial charge on any atom is 0.401 e. The third kappa shape index (κ3) is 5.52. The largest absolute Gasteiger partial charge is 0.491 e. The molecule has 0 fully saturated rings. The van der Waals surface area contributed by atoms with E-state index in [2.05, 4.69) is 5.32 Å². The molecular formula is C10H9Cl3F3NO. The molecule has 0 saturated heterocycles. The summed E-state index contributed by atoms with van der Waals surface area (Å²) in [6.07, 6.45) is -4.23. The number of rotatable bonds is 5. The van der Waals surface area contributed by atoms with Crippen molar-refractivity contribution in [2.75, 3.05) is 19.7 Å². The van der Waals surface area contributed by atoms with Crippen LogP contribution in [0.3, 0.4) is 0 Å². The lowest BCUT2D eigenvalue weighted by atomic mass is 10.3. The molecule has 2 nitrogen and oxygen atoms in total. The maximum atomic E-state index is 11.8. The van der Waals surface area contributed by atoms with Gasteiger partial charge in [-0.15, -0.1) is 0 Å². The van der Waals surface area contributed by atoms with Gasteiger partial charge in [-0.05, 0) is 6.07 Å². The molecule has 1 aromatic rings. The summed E-state index contributed by atoms with van der Waals surface area (Å²) in [5, 5.41) is 2.98. The Morgan fingerprint density at radius 3 is 2.28 bits per heavy atom. The summed E-state index contributed by atoms with van der Waals surface area (Å²) in [4.78, 5) is 0. The van der Waals surface area contributed by atoms with Crippen molar-refractivity contribution in [3.05, 3.63) is 27.2 Å². The van der Waals surface area contributed by atoms with Crippen molar-refractivity contribution in [3.8, 4) is 5.75 Å². The van der Waals surface area contributed by atoms with Gasteiger partial charge in [-0.25, -0.2) is 0 Å². The van der Waals surface area contributed by atoms with E-state index in [1.165, 1.54) is 12.1 Å². The molecule has 0 aromatic heterocycles. The average molecular weight is 323 g/mol. The van der Waals surface area contributed by atoms with Crippen molar-refractivity contribution in [3.63, 3.8) is 0 Å². The summed E-state index contributed by atoms with van der Waals surface area (Å²) in [5.74, 6) is 0.278. The topological polar surface area (TPSA) is 21.3 Å². The second kappa shape index (κ2) is 6.70. The van der Waals surface area contributed by atoms with Crippen molar-refractivity contribution in [1.82, 2.24) is 5.32 Å². The third-order valence-corrected chi connectivity index (χ3v) is 2.85. The molecule has 1 aromatic carbocycles. The highest BCUT2D eigenvalue weighted by Crippen LogP contribution is 2.33. The van der Waals surface area contributed by atoms with Crippen LogP contribution < -0.4 is 10.1 Å². The van der Waals surface area contributed by atoms with Gasteiger partial charge in [0.15, 0.2) is 0 Å². The Hall–Kier alpha value is -0.360. The van der Waals surface area contributed by atoms with Gasteiger partial charge in [-0.3, -0.25) is 0 Å². The lowest BCUT2D eigenvalue weighted by Crippen LogP contribution is -2.31. The predicted molar refractivity (Wildman–Crippen MR) is 65.9 cm³/mol. The molecule has 0 saturated carbocycles. The number of nitrogens with one attached hydrogen (secondary N) is 1. The van der Waals surface area contributed by atoms with E-state index in [0.717, 1.165) is 0 Å². The Bertz CT molecular complexity index is 412. The second-order valence-electron chi connectivity index (χ2n) is 3.34. The van der Waals surface area contributed by atoms with Crippen molar-refractivity contribution in [2.45, 2.75) is 6.18 Å². The lowest BCUT2D eigenvalue weighted by Gasteiger charge is -2.11. The standard InChI is InChI=1S/C10H9Cl3F3NO/c11-6-3-8(13)9(4-7(6)12)18-2-1-17-5-10(14,15)16/h3-4,17H,1-2,5H2. The first-order valence-electron chi connectivity index (χ1n) is 4.84. The number of benzene rings is 1. The first-order valence-corrected chi connectivity index (χ1v) is 5.98. The Balaban J connectivity index is 2.38. The molecule has 0 unspecified atom stereocenters. The molecule has 0 spiro atoms. The molecule has 0 heterocycles.